The molecule has 2 aromatic rings. The van der Waals surface area contributed by atoms with Crippen LogP contribution in [-0.2, 0) is 0 Å². The van der Waals surface area contributed by atoms with Gasteiger partial charge in [-0.1, -0.05) is 23.2 Å². The van der Waals surface area contributed by atoms with Crippen LogP contribution in [0.4, 0.5) is 5.69 Å². The number of halogens is 2. The summed E-state index contributed by atoms with van der Waals surface area (Å²) in [5.74, 6) is -0.791. The fourth-order valence-electron chi connectivity index (χ4n) is 1.16. The first-order chi connectivity index (χ1) is 8.08. The largest absolute Gasteiger partial charge is 0.504 e. The lowest BCUT2D eigenvalue weighted by Crippen LogP contribution is -2.12. The van der Waals surface area contributed by atoms with E-state index in [1.54, 1.807) is 0 Å². The summed E-state index contributed by atoms with van der Waals surface area (Å²) >= 11 is 11.5. The van der Waals surface area contributed by atoms with Crippen LogP contribution < -0.4 is 5.32 Å². The molecule has 3 N–H and O–H groups in total. The molecule has 1 aromatic heterocycles. The zero-order chi connectivity index (χ0) is 12.4. The molecule has 0 bridgehead atoms. The minimum absolute atomic E-state index is 0.0490. The predicted molar refractivity (Wildman–Crippen MR) is 62.5 cm³/mol. The zero-order valence-electron chi connectivity index (χ0n) is 8.24. The second-order valence-electron chi connectivity index (χ2n) is 3.09. The van der Waals surface area contributed by atoms with E-state index in [0.717, 1.165) is 0 Å². The normalized spacial score (nSPS) is 10.2. The van der Waals surface area contributed by atoms with Crippen molar-refractivity contribution in [1.82, 2.24) is 15.4 Å². The fourth-order valence-corrected chi connectivity index (χ4v) is 1.65. The molecule has 0 saturated heterocycles. The predicted octanol–water partition coefficient (Wildman–Crippen LogP) is 2.07. The number of aromatic amines is 1. The van der Waals surface area contributed by atoms with E-state index in [1.165, 1.54) is 18.3 Å². The van der Waals surface area contributed by atoms with Crippen LogP contribution in [0.5, 0.6) is 5.75 Å². The summed E-state index contributed by atoms with van der Waals surface area (Å²) < 4.78 is 0. The monoisotopic (exact) mass is 272 g/mol. The van der Waals surface area contributed by atoms with Gasteiger partial charge in [0.15, 0.2) is 11.4 Å². The maximum atomic E-state index is 11.6. The number of carbonyl (C=O) groups excluding carboxylic acids is 1. The first kappa shape index (κ1) is 11.7. The number of aromatic hydroxyl groups is 1. The summed E-state index contributed by atoms with van der Waals surface area (Å²) in [6, 6.07) is 2.74. The molecule has 0 saturated carbocycles. The number of phenolic OH excluding ortho intramolecular Hbond substituents is 1. The Balaban J connectivity index is 2.28. The van der Waals surface area contributed by atoms with Gasteiger partial charge < -0.3 is 10.4 Å². The lowest BCUT2D eigenvalue weighted by molar-refractivity contribution is 0.102. The van der Waals surface area contributed by atoms with Gasteiger partial charge in [-0.3, -0.25) is 4.79 Å². The lowest BCUT2D eigenvalue weighted by Gasteiger charge is -2.07. The number of nitrogens with zero attached hydrogens (tertiary/aromatic N) is 2. The van der Waals surface area contributed by atoms with Crippen molar-refractivity contribution in [1.29, 1.82) is 0 Å². The van der Waals surface area contributed by atoms with Crippen LogP contribution in [0.1, 0.15) is 10.5 Å². The van der Waals surface area contributed by atoms with Gasteiger partial charge in [-0.2, -0.15) is 15.4 Å². The summed E-state index contributed by atoms with van der Waals surface area (Å²) in [7, 11) is 0. The summed E-state index contributed by atoms with van der Waals surface area (Å²) in [6.45, 7) is 0. The van der Waals surface area contributed by atoms with Gasteiger partial charge in [-0.05, 0) is 12.1 Å². The average molecular weight is 273 g/mol. The second-order valence-corrected chi connectivity index (χ2v) is 3.94. The van der Waals surface area contributed by atoms with Crippen molar-refractivity contribution < 1.29 is 9.90 Å². The Hall–Kier alpha value is -1.79. The van der Waals surface area contributed by atoms with Crippen molar-refractivity contribution in [2.75, 3.05) is 5.32 Å². The van der Waals surface area contributed by atoms with Gasteiger partial charge in [0.05, 0.1) is 16.9 Å². The Morgan fingerprint density at radius 2 is 2.18 bits per heavy atom. The molecule has 0 radical (unpaired) electrons. The van der Waals surface area contributed by atoms with E-state index < -0.39 is 5.91 Å². The van der Waals surface area contributed by atoms with E-state index in [0.29, 0.717) is 5.02 Å². The van der Waals surface area contributed by atoms with Crippen molar-refractivity contribution in [3.8, 4) is 5.75 Å². The Bertz CT molecular complexity index is 556. The average Bonchev–Trinajstić information content (AvgIpc) is 2.78. The first-order valence-electron chi connectivity index (χ1n) is 4.43. The minimum Gasteiger partial charge on any atom is -0.504 e. The van der Waals surface area contributed by atoms with Gasteiger partial charge in [0.2, 0.25) is 0 Å². The van der Waals surface area contributed by atoms with Crippen molar-refractivity contribution in [3.05, 3.63) is 34.1 Å². The topological polar surface area (TPSA) is 90.9 Å². The smallest absolute Gasteiger partial charge is 0.277 e. The summed E-state index contributed by atoms with van der Waals surface area (Å²) in [5.41, 5.74) is 0.191. The van der Waals surface area contributed by atoms with Gasteiger partial charge in [0.1, 0.15) is 0 Å². The van der Waals surface area contributed by atoms with Gasteiger partial charge in [-0.15, -0.1) is 0 Å². The Kier molecular flexibility index (Phi) is 3.16. The molecule has 0 aliphatic rings. The molecule has 6 nitrogen and oxygen atoms in total. The molecule has 0 spiro atoms. The molecule has 0 atom stereocenters. The maximum absolute atomic E-state index is 11.6. The number of H-pyrrole nitrogens is 1. The third-order valence-electron chi connectivity index (χ3n) is 1.92. The minimum atomic E-state index is -0.535. The Morgan fingerprint density at radius 1 is 1.41 bits per heavy atom. The van der Waals surface area contributed by atoms with Crippen LogP contribution in [0, 0.1) is 0 Å². The van der Waals surface area contributed by atoms with E-state index in [1.807, 2.05) is 0 Å². The number of benzene rings is 1. The fraction of sp³-hybridized carbons (Fsp3) is 0. The van der Waals surface area contributed by atoms with Crippen LogP contribution in [0.15, 0.2) is 18.3 Å². The molecule has 1 amide bonds. The molecule has 0 aliphatic carbocycles. The SMILES string of the molecule is O=C(Nc1cc(Cl)cc(Cl)c1O)c1cn[nH]n1. The van der Waals surface area contributed by atoms with Crippen LogP contribution in [0.25, 0.3) is 0 Å². The Labute approximate surface area is 106 Å². The number of hydrogen-bond acceptors (Lipinski definition) is 4. The highest BCUT2D eigenvalue weighted by molar-refractivity contribution is 6.36. The number of phenols is 1. The molecule has 0 fully saturated rings. The molecule has 1 aromatic carbocycles. The summed E-state index contributed by atoms with van der Waals surface area (Å²) in [6.07, 6.45) is 1.25. The number of amides is 1. The van der Waals surface area contributed by atoms with Gasteiger partial charge in [-0.25, -0.2) is 0 Å². The van der Waals surface area contributed by atoms with Crippen molar-refractivity contribution in [2.24, 2.45) is 0 Å². The number of carbonyl (C=O) groups is 1. The first-order valence-corrected chi connectivity index (χ1v) is 5.18. The van der Waals surface area contributed by atoms with E-state index >= 15 is 0 Å². The van der Waals surface area contributed by atoms with E-state index in [2.05, 4.69) is 20.7 Å². The molecular weight excluding hydrogens is 267 g/mol. The van der Waals surface area contributed by atoms with Crippen LogP contribution in [0.2, 0.25) is 10.0 Å². The zero-order valence-corrected chi connectivity index (χ0v) is 9.75. The van der Waals surface area contributed by atoms with E-state index in [4.69, 9.17) is 23.2 Å². The number of hydrogen-bond donors (Lipinski definition) is 3. The molecule has 0 aliphatic heterocycles. The molecule has 2 rings (SSSR count). The molecule has 1 heterocycles. The number of nitrogens with one attached hydrogen (secondary N) is 2. The third kappa shape index (κ3) is 2.48. The highest BCUT2D eigenvalue weighted by atomic mass is 35.5. The highest BCUT2D eigenvalue weighted by Gasteiger charge is 2.13. The standard InChI is InChI=1S/C9H6Cl2N4O2/c10-4-1-5(11)8(16)6(2-4)13-9(17)7-3-12-15-14-7/h1-3,16H,(H,13,17)(H,12,14,15). The maximum Gasteiger partial charge on any atom is 0.277 e. The van der Waals surface area contributed by atoms with Crippen molar-refractivity contribution >= 4 is 34.8 Å². The third-order valence-corrected chi connectivity index (χ3v) is 2.43. The van der Waals surface area contributed by atoms with Crippen molar-refractivity contribution in [2.45, 2.75) is 0 Å². The van der Waals surface area contributed by atoms with Crippen LogP contribution in [-0.4, -0.2) is 26.4 Å². The molecule has 0 unspecified atom stereocenters. The quantitative estimate of drug-likeness (QED) is 0.730. The van der Waals surface area contributed by atoms with E-state index in [-0.39, 0.29) is 22.2 Å². The van der Waals surface area contributed by atoms with E-state index in [9.17, 15) is 9.90 Å². The van der Waals surface area contributed by atoms with Crippen LogP contribution >= 0.6 is 23.2 Å². The number of anilines is 1. The number of aromatic nitrogens is 3. The van der Waals surface area contributed by atoms with Crippen molar-refractivity contribution in [3.63, 3.8) is 0 Å². The molecule has 88 valence electrons. The second kappa shape index (κ2) is 4.60. The van der Waals surface area contributed by atoms with Gasteiger partial charge in [0, 0.05) is 5.02 Å². The summed E-state index contributed by atoms with van der Waals surface area (Å²) in [5, 5.41) is 21.8. The van der Waals surface area contributed by atoms with Gasteiger partial charge in [0.25, 0.3) is 5.91 Å². The van der Waals surface area contributed by atoms with Gasteiger partial charge >= 0.3 is 0 Å². The summed E-state index contributed by atoms with van der Waals surface area (Å²) in [4.78, 5) is 11.6. The Morgan fingerprint density at radius 3 is 2.82 bits per heavy atom. The molecule has 8 heteroatoms. The van der Waals surface area contributed by atoms with Crippen LogP contribution in [0.3, 0.4) is 0 Å². The molecule has 17 heavy (non-hydrogen) atoms. The highest BCUT2D eigenvalue weighted by Crippen LogP contribution is 2.35. The molecular formula is C9H6Cl2N4O2. The number of rotatable bonds is 2. The lowest BCUT2D eigenvalue weighted by atomic mass is 10.3.